The molecule has 0 saturated carbocycles. The van der Waals surface area contributed by atoms with Crippen LogP contribution in [0, 0.1) is 0 Å². The summed E-state index contributed by atoms with van der Waals surface area (Å²) in [6.07, 6.45) is 1.59. The fraction of sp³-hybridized carbons (Fsp3) is 0.269. The summed E-state index contributed by atoms with van der Waals surface area (Å²) in [5.74, 6) is -0.112. The van der Waals surface area contributed by atoms with E-state index in [9.17, 15) is 4.79 Å². The van der Waals surface area contributed by atoms with Gasteiger partial charge in [-0.2, -0.15) is 4.80 Å². The van der Waals surface area contributed by atoms with E-state index >= 15 is 0 Å². The number of fused-ring (bicyclic) bond motifs is 1. The van der Waals surface area contributed by atoms with Gasteiger partial charge in [-0.15, -0.1) is 10.2 Å². The van der Waals surface area contributed by atoms with E-state index in [1.807, 2.05) is 47.4 Å². The molecular weight excluding hydrogens is 470 g/mol. The van der Waals surface area contributed by atoms with Gasteiger partial charge >= 0.3 is 0 Å². The number of amides is 1. The smallest absolute Gasteiger partial charge is 0.272 e. The highest BCUT2D eigenvalue weighted by molar-refractivity contribution is 5.92. The molecule has 3 N–H and O–H groups in total. The van der Waals surface area contributed by atoms with Gasteiger partial charge in [-0.1, -0.05) is 42.5 Å². The lowest BCUT2D eigenvalue weighted by atomic mass is 10.0. The van der Waals surface area contributed by atoms with Crippen LogP contribution in [0.2, 0.25) is 0 Å². The second-order valence-corrected chi connectivity index (χ2v) is 9.17. The predicted octanol–water partition coefficient (Wildman–Crippen LogP) is 1.73. The zero-order valence-corrected chi connectivity index (χ0v) is 20.4. The van der Waals surface area contributed by atoms with E-state index in [1.54, 1.807) is 25.4 Å². The summed E-state index contributed by atoms with van der Waals surface area (Å²) in [5.41, 5.74) is 9.37. The third kappa shape index (κ3) is 4.39. The number of ether oxygens (including phenoxy) is 1. The molecule has 4 heterocycles. The number of anilines is 1. The second kappa shape index (κ2) is 9.26. The van der Waals surface area contributed by atoms with E-state index in [4.69, 9.17) is 10.5 Å². The molecule has 0 bridgehead atoms. The maximum atomic E-state index is 13.4. The molecule has 2 aromatic carbocycles. The number of pyridine rings is 1. The minimum atomic E-state index is -1.27. The number of carbonyl (C=O) groups excluding carboxylic acids is 1. The van der Waals surface area contributed by atoms with Crippen molar-refractivity contribution in [3.63, 3.8) is 0 Å². The summed E-state index contributed by atoms with van der Waals surface area (Å²) in [6.45, 7) is 2.40. The lowest BCUT2D eigenvalue weighted by molar-refractivity contribution is 0.0585. The van der Waals surface area contributed by atoms with E-state index < -0.39 is 5.85 Å². The van der Waals surface area contributed by atoms with Gasteiger partial charge in [-0.25, -0.2) is 0 Å². The van der Waals surface area contributed by atoms with Gasteiger partial charge < -0.3 is 15.0 Å². The average molecular weight is 498 g/mol. The highest BCUT2D eigenvalue weighted by atomic mass is 16.5. The Morgan fingerprint density at radius 3 is 2.54 bits per heavy atom. The number of nitrogens with zero attached hydrogens (tertiary/aromatic N) is 7. The van der Waals surface area contributed by atoms with Gasteiger partial charge in [0.05, 0.1) is 18.8 Å². The number of tetrazole rings is 1. The van der Waals surface area contributed by atoms with Crippen molar-refractivity contribution in [2.24, 2.45) is 12.8 Å². The summed E-state index contributed by atoms with van der Waals surface area (Å²) in [6, 6.07) is 21.0. The topological polar surface area (TPSA) is 127 Å². The molecule has 2 aliphatic rings. The monoisotopic (exact) mass is 497 g/mol. The highest BCUT2D eigenvalue weighted by Gasteiger charge is 2.38. The van der Waals surface area contributed by atoms with Crippen LogP contribution in [0.4, 0.5) is 5.69 Å². The van der Waals surface area contributed by atoms with Gasteiger partial charge in [-0.3, -0.25) is 20.4 Å². The summed E-state index contributed by atoms with van der Waals surface area (Å²) < 4.78 is 5.98. The van der Waals surface area contributed by atoms with Gasteiger partial charge in [0, 0.05) is 37.9 Å². The van der Waals surface area contributed by atoms with Gasteiger partial charge in [0.15, 0.2) is 5.82 Å². The molecule has 6 rings (SSSR count). The van der Waals surface area contributed by atoms with E-state index in [2.05, 4.69) is 42.7 Å². The quantitative estimate of drug-likeness (QED) is 0.424. The zero-order chi connectivity index (χ0) is 25.4. The lowest BCUT2D eigenvalue weighted by Gasteiger charge is -2.38. The van der Waals surface area contributed by atoms with Crippen molar-refractivity contribution >= 4 is 11.6 Å². The molecule has 1 saturated heterocycles. The molecule has 11 heteroatoms. The van der Waals surface area contributed by atoms with E-state index in [0.29, 0.717) is 49.0 Å². The second-order valence-electron chi connectivity index (χ2n) is 9.17. The largest absolute Gasteiger partial charge is 0.448 e. The normalized spacial score (nSPS) is 20.1. The first kappa shape index (κ1) is 23.1. The molecule has 2 aliphatic heterocycles. The number of piperazine rings is 1. The lowest BCUT2D eigenvalue weighted by Crippen LogP contribution is -2.50. The van der Waals surface area contributed by atoms with E-state index in [1.165, 1.54) is 4.80 Å². The van der Waals surface area contributed by atoms with Crippen LogP contribution >= 0.6 is 0 Å². The standard InChI is InChI=1S/C26H27N9O2/c1-33-31-24(30-32-33)23(18-7-3-2-4-8-18)34-13-15-35(16-14-34)25(36)21-17-19(11-12-28-21)26(27)29-20-9-5-6-10-22(20)37-26/h2-12,17,23,29H,13-16,27H2,1H3. The van der Waals surface area contributed by atoms with Crippen molar-refractivity contribution in [3.05, 3.63) is 95.6 Å². The Morgan fingerprint density at radius 2 is 1.81 bits per heavy atom. The molecule has 11 nitrogen and oxygen atoms in total. The van der Waals surface area contributed by atoms with Gasteiger partial charge in [-0.05, 0) is 35.0 Å². The number of benzene rings is 2. The Hall–Kier alpha value is -4.35. The molecular formula is C26H27N9O2. The minimum absolute atomic E-state index is 0.141. The fourth-order valence-corrected chi connectivity index (χ4v) is 4.88. The van der Waals surface area contributed by atoms with Crippen LogP contribution in [0.5, 0.6) is 5.75 Å². The Kier molecular flexibility index (Phi) is 5.78. The molecule has 2 atom stereocenters. The molecule has 37 heavy (non-hydrogen) atoms. The summed E-state index contributed by atoms with van der Waals surface area (Å²) in [7, 11) is 1.76. The van der Waals surface area contributed by atoms with Crippen LogP contribution in [-0.4, -0.2) is 67.1 Å². The first-order valence-electron chi connectivity index (χ1n) is 12.1. The van der Waals surface area contributed by atoms with Crippen LogP contribution in [-0.2, 0) is 12.9 Å². The number of nitrogens with two attached hydrogens (primary N) is 1. The average Bonchev–Trinajstić information content (AvgIpc) is 3.52. The van der Waals surface area contributed by atoms with Gasteiger partial charge in [0.1, 0.15) is 11.4 Å². The summed E-state index contributed by atoms with van der Waals surface area (Å²) in [4.78, 5) is 23.3. The Morgan fingerprint density at radius 1 is 1.05 bits per heavy atom. The summed E-state index contributed by atoms with van der Waals surface area (Å²) in [5, 5.41) is 16.0. The Balaban J connectivity index is 1.17. The first-order valence-corrected chi connectivity index (χ1v) is 12.1. The van der Waals surface area contributed by atoms with Crippen molar-refractivity contribution in [1.82, 2.24) is 35.0 Å². The maximum Gasteiger partial charge on any atom is 0.272 e. The fourth-order valence-electron chi connectivity index (χ4n) is 4.88. The number of hydrogen-bond acceptors (Lipinski definition) is 9. The first-order chi connectivity index (χ1) is 18.0. The molecule has 1 fully saturated rings. The van der Waals surface area contributed by atoms with E-state index in [-0.39, 0.29) is 11.9 Å². The molecule has 0 radical (unpaired) electrons. The molecule has 0 spiro atoms. The third-order valence-electron chi connectivity index (χ3n) is 6.74. The Labute approximate surface area is 213 Å². The minimum Gasteiger partial charge on any atom is -0.448 e. The van der Waals surface area contributed by atoms with Crippen LogP contribution in [0.1, 0.15) is 33.5 Å². The number of rotatable bonds is 5. The molecule has 4 aromatic rings. The van der Waals surface area contributed by atoms with Crippen LogP contribution in [0.25, 0.3) is 0 Å². The van der Waals surface area contributed by atoms with Crippen molar-refractivity contribution < 1.29 is 9.53 Å². The van der Waals surface area contributed by atoms with E-state index in [0.717, 1.165) is 11.3 Å². The van der Waals surface area contributed by atoms with Crippen LogP contribution in [0.3, 0.4) is 0 Å². The Bertz CT molecular complexity index is 1390. The highest BCUT2D eigenvalue weighted by Crippen LogP contribution is 2.38. The molecule has 2 aromatic heterocycles. The van der Waals surface area contributed by atoms with Crippen molar-refractivity contribution in [2.45, 2.75) is 11.9 Å². The van der Waals surface area contributed by atoms with Gasteiger partial charge in [0.2, 0.25) is 0 Å². The maximum absolute atomic E-state index is 13.4. The van der Waals surface area contributed by atoms with Crippen LogP contribution in [0.15, 0.2) is 72.9 Å². The van der Waals surface area contributed by atoms with Gasteiger partial charge in [0.25, 0.3) is 11.8 Å². The van der Waals surface area contributed by atoms with Crippen LogP contribution < -0.4 is 15.8 Å². The number of carbonyl (C=O) groups is 1. The SMILES string of the molecule is Cn1nnc(C(c2ccccc2)N2CCN(C(=O)c3cc(C4(N)Nc5ccccc5O4)ccn3)CC2)n1. The summed E-state index contributed by atoms with van der Waals surface area (Å²) >= 11 is 0. The number of hydrogen-bond donors (Lipinski definition) is 2. The molecule has 188 valence electrons. The molecule has 2 unspecified atom stereocenters. The molecule has 0 aliphatic carbocycles. The number of para-hydroxylation sites is 2. The zero-order valence-electron chi connectivity index (χ0n) is 20.4. The third-order valence-corrected chi connectivity index (χ3v) is 6.74. The molecule has 1 amide bonds. The number of aromatic nitrogens is 5. The number of aryl methyl sites for hydroxylation is 1. The number of nitrogens with one attached hydrogen (secondary N) is 1. The van der Waals surface area contributed by atoms with Crippen molar-refractivity contribution in [2.75, 3.05) is 31.5 Å². The van der Waals surface area contributed by atoms with Crippen molar-refractivity contribution in [1.29, 1.82) is 0 Å². The predicted molar refractivity (Wildman–Crippen MR) is 135 cm³/mol. The van der Waals surface area contributed by atoms with Crippen molar-refractivity contribution in [3.8, 4) is 5.75 Å².